The largest absolute Gasteiger partial charge is 0.494 e. The topological polar surface area (TPSA) is 98.5 Å². The lowest BCUT2D eigenvalue weighted by molar-refractivity contribution is -0.385. The van der Waals surface area contributed by atoms with Crippen molar-refractivity contribution in [1.29, 1.82) is 0 Å². The third-order valence-corrected chi connectivity index (χ3v) is 4.79. The van der Waals surface area contributed by atoms with Crippen molar-refractivity contribution >= 4 is 15.7 Å². The Bertz CT molecular complexity index is 832. The molecule has 24 heavy (non-hydrogen) atoms. The molecule has 128 valence electrons. The maximum absolute atomic E-state index is 12.3. The maximum Gasteiger partial charge on any atom is 0.273 e. The highest BCUT2D eigenvalue weighted by atomic mass is 32.2. The second-order valence-corrected chi connectivity index (χ2v) is 6.87. The summed E-state index contributed by atoms with van der Waals surface area (Å²) in [5.74, 6) is 0.707. The molecule has 0 radical (unpaired) electrons. The van der Waals surface area contributed by atoms with Crippen LogP contribution < -0.4 is 9.46 Å². The molecule has 0 aromatic heterocycles. The molecule has 0 aliphatic carbocycles. The summed E-state index contributed by atoms with van der Waals surface area (Å²) < 4.78 is 32.4. The first kappa shape index (κ1) is 17.9. The van der Waals surface area contributed by atoms with Crippen LogP contribution in [0.5, 0.6) is 5.75 Å². The van der Waals surface area contributed by atoms with E-state index in [1.54, 1.807) is 31.2 Å². The minimum absolute atomic E-state index is 0.0798. The van der Waals surface area contributed by atoms with Gasteiger partial charge in [0.2, 0.25) is 10.0 Å². The van der Waals surface area contributed by atoms with Crippen LogP contribution in [0.1, 0.15) is 18.1 Å². The van der Waals surface area contributed by atoms with Crippen LogP contribution in [0.2, 0.25) is 0 Å². The maximum atomic E-state index is 12.3. The number of aryl methyl sites for hydroxylation is 1. The fourth-order valence-corrected chi connectivity index (χ4v) is 3.12. The zero-order valence-electron chi connectivity index (χ0n) is 13.4. The standard InChI is InChI=1S/C16H18N2O5S/c1-3-23-14-7-5-13(6-8-14)11-17-24(21,22)15-9-4-12(2)16(10-15)18(19)20/h4-10,17H,3,11H2,1-2H3. The number of nitro benzene ring substituents is 1. The number of ether oxygens (including phenoxy) is 1. The van der Waals surface area contributed by atoms with Gasteiger partial charge >= 0.3 is 0 Å². The molecule has 2 aromatic carbocycles. The smallest absolute Gasteiger partial charge is 0.273 e. The van der Waals surface area contributed by atoms with E-state index in [1.165, 1.54) is 12.1 Å². The van der Waals surface area contributed by atoms with E-state index >= 15 is 0 Å². The van der Waals surface area contributed by atoms with Gasteiger partial charge in [0, 0.05) is 18.2 Å². The molecule has 7 nitrogen and oxygen atoms in total. The monoisotopic (exact) mass is 350 g/mol. The minimum atomic E-state index is -3.84. The van der Waals surface area contributed by atoms with Gasteiger partial charge in [-0.05, 0) is 37.6 Å². The van der Waals surface area contributed by atoms with Crippen LogP contribution in [0.3, 0.4) is 0 Å². The van der Waals surface area contributed by atoms with E-state index in [1.807, 2.05) is 6.92 Å². The van der Waals surface area contributed by atoms with Crippen LogP contribution in [0.15, 0.2) is 47.4 Å². The lowest BCUT2D eigenvalue weighted by Crippen LogP contribution is -2.23. The van der Waals surface area contributed by atoms with Gasteiger partial charge in [0.05, 0.1) is 16.4 Å². The highest BCUT2D eigenvalue weighted by molar-refractivity contribution is 7.89. The predicted molar refractivity (Wildman–Crippen MR) is 89.5 cm³/mol. The van der Waals surface area contributed by atoms with Gasteiger partial charge in [-0.15, -0.1) is 0 Å². The van der Waals surface area contributed by atoms with Crippen molar-refractivity contribution in [3.63, 3.8) is 0 Å². The molecule has 0 heterocycles. The highest BCUT2D eigenvalue weighted by Crippen LogP contribution is 2.22. The van der Waals surface area contributed by atoms with Gasteiger partial charge in [-0.25, -0.2) is 13.1 Å². The molecule has 0 saturated carbocycles. The zero-order chi connectivity index (χ0) is 17.7. The molecule has 1 N–H and O–H groups in total. The molecule has 8 heteroatoms. The van der Waals surface area contributed by atoms with Crippen molar-refractivity contribution in [3.05, 3.63) is 63.7 Å². The summed E-state index contributed by atoms with van der Waals surface area (Å²) in [6, 6.07) is 10.9. The van der Waals surface area contributed by atoms with Gasteiger partial charge in [-0.1, -0.05) is 18.2 Å². The Hall–Kier alpha value is -2.45. The van der Waals surface area contributed by atoms with Gasteiger partial charge < -0.3 is 4.74 Å². The van der Waals surface area contributed by atoms with Crippen LogP contribution in [-0.2, 0) is 16.6 Å². The second-order valence-electron chi connectivity index (χ2n) is 5.11. The van der Waals surface area contributed by atoms with Crippen LogP contribution in [0.4, 0.5) is 5.69 Å². The van der Waals surface area contributed by atoms with Crippen molar-refractivity contribution in [2.45, 2.75) is 25.3 Å². The van der Waals surface area contributed by atoms with Crippen LogP contribution in [-0.4, -0.2) is 19.9 Å². The van der Waals surface area contributed by atoms with Crippen LogP contribution >= 0.6 is 0 Å². The first-order valence-corrected chi connectivity index (χ1v) is 8.78. The van der Waals surface area contributed by atoms with Crippen molar-refractivity contribution in [2.75, 3.05) is 6.61 Å². The normalized spacial score (nSPS) is 11.2. The highest BCUT2D eigenvalue weighted by Gasteiger charge is 2.19. The number of nitrogens with zero attached hydrogens (tertiary/aromatic N) is 1. The number of nitro groups is 1. The first-order valence-electron chi connectivity index (χ1n) is 7.30. The Kier molecular flexibility index (Phi) is 5.53. The third kappa shape index (κ3) is 4.30. The average molecular weight is 350 g/mol. The fraction of sp³-hybridized carbons (Fsp3) is 0.250. The number of rotatable bonds is 7. The van der Waals surface area contributed by atoms with Crippen LogP contribution in [0, 0.1) is 17.0 Å². The molecule has 2 rings (SSSR count). The molecule has 0 saturated heterocycles. The molecule has 0 aliphatic heterocycles. The summed E-state index contributed by atoms with van der Waals surface area (Å²) in [6.45, 7) is 4.07. The van der Waals surface area contributed by atoms with Crippen molar-refractivity contribution in [2.24, 2.45) is 0 Å². The molecule has 0 fully saturated rings. The lowest BCUT2D eigenvalue weighted by atomic mass is 10.2. The third-order valence-electron chi connectivity index (χ3n) is 3.39. The lowest BCUT2D eigenvalue weighted by Gasteiger charge is -2.08. The molecule has 0 atom stereocenters. The van der Waals surface area contributed by atoms with E-state index in [4.69, 9.17) is 4.74 Å². The van der Waals surface area contributed by atoms with Crippen LogP contribution in [0.25, 0.3) is 0 Å². The fourth-order valence-electron chi connectivity index (χ4n) is 2.08. The van der Waals surface area contributed by atoms with Gasteiger partial charge in [0.1, 0.15) is 5.75 Å². The number of hydrogen-bond donors (Lipinski definition) is 1. The molecule has 2 aromatic rings. The van der Waals surface area contributed by atoms with Gasteiger partial charge in [-0.2, -0.15) is 0 Å². The molecule has 0 bridgehead atoms. The Morgan fingerprint density at radius 1 is 1.17 bits per heavy atom. The summed E-state index contributed by atoms with van der Waals surface area (Å²) in [5.41, 5.74) is 0.938. The molecule has 0 aliphatic rings. The molecule has 0 amide bonds. The van der Waals surface area contributed by atoms with Gasteiger partial charge in [0.15, 0.2) is 0 Å². The quantitative estimate of drug-likeness (QED) is 0.611. The van der Waals surface area contributed by atoms with Gasteiger partial charge in [-0.3, -0.25) is 10.1 Å². The molecule has 0 spiro atoms. The van der Waals surface area contributed by atoms with E-state index in [0.29, 0.717) is 17.9 Å². The zero-order valence-corrected chi connectivity index (χ0v) is 14.2. The van der Waals surface area contributed by atoms with Crippen molar-refractivity contribution in [1.82, 2.24) is 4.72 Å². The molecule has 0 unspecified atom stereocenters. The SMILES string of the molecule is CCOc1ccc(CNS(=O)(=O)c2ccc(C)c([N+](=O)[O-])c2)cc1. The Labute approximate surface area is 140 Å². The average Bonchev–Trinajstić information content (AvgIpc) is 2.54. The Morgan fingerprint density at radius 2 is 1.83 bits per heavy atom. The minimum Gasteiger partial charge on any atom is -0.494 e. The summed E-state index contributed by atoms with van der Waals surface area (Å²) in [6.07, 6.45) is 0. The molecular formula is C16H18N2O5S. The predicted octanol–water partition coefficient (Wildman–Crippen LogP) is 2.78. The van der Waals surface area contributed by atoms with E-state index in [2.05, 4.69) is 4.72 Å². The summed E-state index contributed by atoms with van der Waals surface area (Å²) in [5, 5.41) is 10.9. The Balaban J connectivity index is 2.14. The van der Waals surface area contributed by atoms with Crippen molar-refractivity contribution in [3.8, 4) is 5.75 Å². The van der Waals surface area contributed by atoms with E-state index in [-0.39, 0.29) is 17.1 Å². The Morgan fingerprint density at radius 3 is 2.42 bits per heavy atom. The van der Waals surface area contributed by atoms with E-state index < -0.39 is 14.9 Å². The van der Waals surface area contributed by atoms with E-state index in [9.17, 15) is 18.5 Å². The molecular weight excluding hydrogens is 332 g/mol. The first-order chi connectivity index (χ1) is 11.3. The summed E-state index contributed by atoms with van der Waals surface area (Å²) in [4.78, 5) is 10.2. The number of sulfonamides is 1. The van der Waals surface area contributed by atoms with E-state index in [0.717, 1.165) is 11.6 Å². The second kappa shape index (κ2) is 7.41. The van der Waals surface area contributed by atoms with Gasteiger partial charge in [0.25, 0.3) is 5.69 Å². The van der Waals surface area contributed by atoms with Crippen molar-refractivity contribution < 1.29 is 18.1 Å². The number of nitrogens with one attached hydrogen (secondary N) is 1. The summed E-state index contributed by atoms with van der Waals surface area (Å²) in [7, 11) is -3.84. The number of hydrogen-bond acceptors (Lipinski definition) is 5. The summed E-state index contributed by atoms with van der Waals surface area (Å²) >= 11 is 0. The number of benzene rings is 2.